The molecule has 0 rings (SSSR count). The summed E-state index contributed by atoms with van der Waals surface area (Å²) in [5, 5.41) is 72.7. The van der Waals surface area contributed by atoms with Crippen LogP contribution in [0.25, 0.3) is 0 Å². The molecule has 43 nitrogen and oxygen atoms in total. The summed E-state index contributed by atoms with van der Waals surface area (Å²) in [5.41, 5.74) is 37.9. The molecule has 0 unspecified atom stereocenters. The maximum atomic E-state index is 13.5. The van der Waals surface area contributed by atoms with E-state index >= 15 is 0 Å². The van der Waals surface area contributed by atoms with Crippen molar-refractivity contribution in [1.82, 2.24) is 63.8 Å². The summed E-state index contributed by atoms with van der Waals surface area (Å²) in [6.45, 7) is 1.69. The quantitative estimate of drug-likeness (QED) is 0.0153. The van der Waals surface area contributed by atoms with Crippen LogP contribution in [0.4, 0.5) is 0 Å². The molecular formula is C49H84N22O21. The van der Waals surface area contributed by atoms with Crippen LogP contribution >= 0.6 is 0 Å². The Kier molecular flexibility index (Phi) is 37.3. The maximum absolute atomic E-state index is 13.5. The van der Waals surface area contributed by atoms with E-state index in [0.29, 0.717) is 6.42 Å². The molecule has 12 amide bonds. The number of aliphatic imine (C=N–C) groups is 3. The second-order valence-electron chi connectivity index (χ2n) is 20.1. The maximum Gasteiger partial charge on any atom is 0.328 e. The largest absolute Gasteiger partial charge is 0.481 e. The van der Waals surface area contributed by atoms with E-state index in [4.69, 9.17) is 45.2 Å². The minimum absolute atomic E-state index is 0.0126. The molecule has 92 heavy (non-hydrogen) atoms. The molecule has 0 aromatic carbocycles. The third-order valence-corrected chi connectivity index (χ3v) is 12.2. The van der Waals surface area contributed by atoms with E-state index in [0.717, 1.165) is 20.8 Å². The van der Waals surface area contributed by atoms with Gasteiger partial charge in [-0.1, -0.05) is 0 Å². The van der Waals surface area contributed by atoms with E-state index < -0.39 is 200 Å². The number of carboxylic acids is 4. The number of nitrogens with two attached hydrogens (primary N) is 7. The molecule has 0 aromatic heterocycles. The lowest BCUT2D eigenvalue weighted by molar-refractivity contribution is -0.144. The van der Waals surface area contributed by atoms with Crippen LogP contribution in [0, 0.1) is 0 Å². The Labute approximate surface area is 523 Å². The molecule has 0 spiro atoms. The van der Waals surface area contributed by atoms with Crippen LogP contribution in [0.15, 0.2) is 15.0 Å². The number of nitrogens with zero attached hydrogens (tertiary/aromatic N) is 3. The van der Waals surface area contributed by atoms with Crippen molar-refractivity contribution in [2.75, 3.05) is 39.3 Å². The number of rotatable bonds is 44. The van der Waals surface area contributed by atoms with E-state index in [2.05, 4.69) is 68.1 Å². The summed E-state index contributed by atoms with van der Waals surface area (Å²) in [7, 11) is 0. The number of hydrogen-bond donors (Lipinski definition) is 24. The van der Waals surface area contributed by atoms with Crippen molar-refractivity contribution in [1.29, 1.82) is 0 Å². The predicted molar refractivity (Wildman–Crippen MR) is 317 cm³/mol. The average Bonchev–Trinajstić information content (AvgIpc) is 1.19. The molecule has 0 aliphatic rings. The van der Waals surface area contributed by atoms with Gasteiger partial charge in [0, 0.05) is 19.6 Å². The topological polar surface area (TPSA) is 738 Å². The fraction of sp³-hybridized carbons (Fsp3) is 0.612. The van der Waals surface area contributed by atoms with E-state index in [1.807, 2.05) is 10.6 Å². The van der Waals surface area contributed by atoms with Crippen LogP contribution in [0.2, 0.25) is 0 Å². The van der Waals surface area contributed by atoms with Crippen molar-refractivity contribution in [2.45, 2.75) is 152 Å². The molecule has 0 bridgehead atoms. The summed E-state index contributed by atoms with van der Waals surface area (Å²) in [5.74, 6) is -20.6. The molecule has 0 heterocycles. The Hall–Kier alpha value is -10.7. The third kappa shape index (κ3) is 34.7. The van der Waals surface area contributed by atoms with Crippen molar-refractivity contribution >= 4 is 113 Å². The number of carboxylic acid groups (broad SMARTS) is 4. The Bertz CT molecular complexity index is 2740. The van der Waals surface area contributed by atoms with E-state index in [1.165, 1.54) is 6.92 Å². The van der Waals surface area contributed by atoms with Crippen molar-refractivity contribution in [2.24, 2.45) is 55.1 Å². The number of nitrogens with one attached hydrogen (secondary N) is 12. The minimum Gasteiger partial charge on any atom is -0.481 e. The Morgan fingerprint density at radius 2 is 0.630 bits per heavy atom. The molecule has 0 fully saturated rings. The van der Waals surface area contributed by atoms with Gasteiger partial charge in [0.25, 0.3) is 0 Å². The highest BCUT2D eigenvalue weighted by Crippen LogP contribution is 2.06. The molecule has 0 saturated carbocycles. The third-order valence-electron chi connectivity index (χ3n) is 12.2. The van der Waals surface area contributed by atoms with Gasteiger partial charge < -0.3 is 129 Å². The minimum atomic E-state index is -1.98. The van der Waals surface area contributed by atoms with Crippen molar-refractivity contribution < 1.29 is 102 Å². The molecule has 0 radical (unpaired) electrons. The highest BCUT2D eigenvalue weighted by molar-refractivity contribution is 6.00. The first kappa shape index (κ1) is 81.2. The van der Waals surface area contributed by atoms with Gasteiger partial charge in [0.2, 0.25) is 70.9 Å². The number of aliphatic carboxylic acids is 4. The Balaban J connectivity index is 5.97. The number of carbonyl (C=O) groups excluding carboxylic acids is 12. The monoisotopic (exact) mass is 1320 g/mol. The summed E-state index contributed by atoms with van der Waals surface area (Å²) in [6.07, 6.45) is -3.08. The smallest absolute Gasteiger partial charge is 0.328 e. The fourth-order valence-electron chi connectivity index (χ4n) is 7.32. The van der Waals surface area contributed by atoms with Crippen molar-refractivity contribution in [3.05, 3.63) is 0 Å². The lowest BCUT2D eigenvalue weighted by Crippen LogP contribution is -2.59. The molecule has 0 aliphatic heterocycles. The zero-order chi connectivity index (χ0) is 70.5. The van der Waals surface area contributed by atoms with Gasteiger partial charge in [0.05, 0.1) is 45.0 Å². The summed E-state index contributed by atoms with van der Waals surface area (Å²) in [6, 6.07) is -17.8. The molecule has 0 aliphatic carbocycles. The Morgan fingerprint density at radius 3 is 0.989 bits per heavy atom. The molecule has 31 N–H and O–H groups in total. The number of guanidine groups is 3. The second-order valence-corrected chi connectivity index (χ2v) is 20.1. The van der Waals surface area contributed by atoms with Gasteiger partial charge in [-0.05, 0) is 66.2 Å². The SMILES string of the molecule is C[C@H](NC(=O)[C@H](CC(=O)O)NC(=O)[C@H](C)NC(=O)[C@H](CC(=O)O)NC(=O)[C@H](C)NC(=O)[C@H](CCCN=C(N)N)NC(=O)[C@H](C)NC(=O)[C@@H](N)CCCN=C(N)N)C(=O)NCC(=O)N[C@@H](CCCN=C(N)N)C(=O)NCC(=O)N[C@@H](CC(=O)O)C(=O)N[C@@H](CO)C(=O)O. The molecule has 0 aromatic rings. The van der Waals surface area contributed by atoms with Gasteiger partial charge in [-0.3, -0.25) is 86.9 Å². The van der Waals surface area contributed by atoms with Gasteiger partial charge >= 0.3 is 23.9 Å². The zero-order valence-electron chi connectivity index (χ0n) is 50.6. The first-order valence-corrected chi connectivity index (χ1v) is 27.9. The van der Waals surface area contributed by atoms with Crippen LogP contribution in [-0.4, -0.2) is 244 Å². The zero-order valence-corrected chi connectivity index (χ0v) is 50.6. The van der Waals surface area contributed by atoms with E-state index in [-0.39, 0.29) is 69.6 Å². The summed E-state index contributed by atoms with van der Waals surface area (Å²) >= 11 is 0. The van der Waals surface area contributed by atoms with Gasteiger partial charge in [-0.25, -0.2) is 4.79 Å². The van der Waals surface area contributed by atoms with Gasteiger partial charge in [0.15, 0.2) is 17.9 Å². The van der Waals surface area contributed by atoms with Crippen LogP contribution < -0.4 is 104 Å². The summed E-state index contributed by atoms with van der Waals surface area (Å²) in [4.78, 5) is 215. The number of hydrogen-bond acceptors (Lipinski definition) is 21. The molecule has 516 valence electrons. The van der Waals surface area contributed by atoms with Crippen LogP contribution in [0.1, 0.15) is 85.5 Å². The van der Waals surface area contributed by atoms with E-state index in [1.54, 1.807) is 0 Å². The predicted octanol–water partition coefficient (Wildman–Crippen LogP) is -12.9. The molecule has 43 heteroatoms. The van der Waals surface area contributed by atoms with E-state index in [9.17, 15) is 97.1 Å². The lowest BCUT2D eigenvalue weighted by atomic mass is 10.1. The average molecular weight is 1320 g/mol. The normalized spacial score (nSPS) is 14.2. The standard InChI is InChI=1S/C49H84N22O21/c1-20(36(81)60-17-31(73)66-25(9-6-12-58-48(53)54)41(86)61-18-32(74)67-27(14-33(75)76)45(90)71-30(19-72)46(91)92)63-43(88)28(15-34(77)78)69-39(84)23(4)65-44(89)29(16-35(79)80)70-38(83)22(3)64-42(87)26(10-7-13-59-49(55)56)68-37(82)21(2)62-40(85)24(50)8-5-11-57-47(51)52/h20-30,72H,5-19,50H2,1-4H3,(H,60,81)(H,61,86)(H,62,85)(H,63,88)(H,64,87)(H,65,89)(H,66,73)(H,67,74)(H,68,82)(H,69,84)(H,70,83)(H,71,90)(H,75,76)(H,77,78)(H,79,80)(H,91,92)(H4,51,52,57)(H4,53,54,58)(H4,55,56,59)/t20-,21-,22-,23-,24-,25-,26-,27-,28-,29-,30-/m0/s1. The second kappa shape index (κ2) is 42.2. The number of aliphatic hydroxyl groups excluding tert-OH is 1. The molecular weight excluding hydrogens is 1230 g/mol. The first-order chi connectivity index (χ1) is 42.9. The number of carbonyl (C=O) groups is 16. The van der Waals surface area contributed by atoms with Crippen LogP contribution in [0.5, 0.6) is 0 Å². The van der Waals surface area contributed by atoms with Gasteiger partial charge in [-0.2, -0.15) is 0 Å². The fourth-order valence-corrected chi connectivity index (χ4v) is 7.32. The molecule has 0 saturated heterocycles. The Morgan fingerprint density at radius 1 is 0.348 bits per heavy atom. The van der Waals surface area contributed by atoms with Gasteiger partial charge in [0.1, 0.15) is 60.4 Å². The van der Waals surface area contributed by atoms with Crippen molar-refractivity contribution in [3.63, 3.8) is 0 Å². The van der Waals surface area contributed by atoms with Crippen LogP contribution in [-0.2, 0) is 76.7 Å². The summed E-state index contributed by atoms with van der Waals surface area (Å²) < 4.78 is 0. The van der Waals surface area contributed by atoms with Crippen LogP contribution in [0.3, 0.4) is 0 Å². The lowest BCUT2D eigenvalue weighted by Gasteiger charge is -2.25. The highest BCUT2D eigenvalue weighted by Gasteiger charge is 2.34. The number of amides is 12. The first-order valence-electron chi connectivity index (χ1n) is 27.9. The van der Waals surface area contributed by atoms with Gasteiger partial charge in [-0.15, -0.1) is 0 Å². The van der Waals surface area contributed by atoms with Crippen molar-refractivity contribution in [3.8, 4) is 0 Å². The molecule has 11 atom stereocenters. The highest BCUT2D eigenvalue weighted by atomic mass is 16.4. The number of aliphatic hydroxyl groups is 1.